The molecule has 0 aliphatic rings. The number of carbonyl (C=O) groups excluding carboxylic acids is 4. The predicted molar refractivity (Wildman–Crippen MR) is 164 cm³/mol. The first-order valence-electron chi connectivity index (χ1n) is 14.3. The Balaban J connectivity index is 1.54. The number of H-pyrrole nitrogens is 2. The molecule has 2 aromatic heterocycles. The van der Waals surface area contributed by atoms with E-state index in [0.717, 1.165) is 22.0 Å². The number of imidazole rings is 1. The van der Waals surface area contributed by atoms with E-state index in [2.05, 4.69) is 30.9 Å². The molecule has 0 spiro atoms. The maximum Gasteiger partial charge on any atom is 0.326 e. The molecule has 0 radical (unpaired) electrons. The van der Waals surface area contributed by atoms with Gasteiger partial charge in [0.2, 0.25) is 23.6 Å². The first-order chi connectivity index (χ1) is 21.6. The number of nitrogens with two attached hydrogens (primary N) is 2. The van der Waals surface area contributed by atoms with E-state index in [1.807, 2.05) is 54.6 Å². The molecule has 10 N–H and O–H groups in total. The summed E-state index contributed by atoms with van der Waals surface area (Å²) in [6.45, 7) is 0. The number of aliphatic carboxylic acids is 1. The summed E-state index contributed by atoms with van der Waals surface area (Å²) in [7, 11) is 0. The van der Waals surface area contributed by atoms with Gasteiger partial charge in [0, 0.05) is 48.3 Å². The fraction of sp³-hybridized carbons (Fsp3) is 0.290. The number of amides is 4. The van der Waals surface area contributed by atoms with Gasteiger partial charge in [0.15, 0.2) is 0 Å². The molecule has 4 amide bonds. The van der Waals surface area contributed by atoms with Crippen molar-refractivity contribution in [2.24, 2.45) is 11.5 Å². The molecule has 236 valence electrons. The highest BCUT2D eigenvalue weighted by Gasteiger charge is 2.31. The zero-order valence-corrected chi connectivity index (χ0v) is 24.4. The van der Waals surface area contributed by atoms with E-state index < -0.39 is 53.8 Å². The zero-order chi connectivity index (χ0) is 32.3. The van der Waals surface area contributed by atoms with Crippen molar-refractivity contribution >= 4 is 40.5 Å². The Morgan fingerprint density at radius 2 is 1.47 bits per heavy atom. The standard InChI is InChI=1S/C31H36N8O6/c32-22(12-18-6-2-1-3-7-18)28(41)38-25(13-19-15-35-23-9-5-4-8-21(19)23)30(43)37-24(10-11-27(33)40)29(42)39-26(31(44)45)14-20-16-34-17-36-20/h1-9,15-17,22,24-26,35H,10-14,32H2,(H2,33,40)(H,34,36)(H,37,43)(H,38,41)(H,39,42)(H,44,45). The molecular weight excluding hydrogens is 580 g/mol. The summed E-state index contributed by atoms with van der Waals surface area (Å²) in [5.41, 5.74) is 14.4. The topological polar surface area (TPSA) is 238 Å². The van der Waals surface area contributed by atoms with Crippen LogP contribution in [0, 0.1) is 0 Å². The van der Waals surface area contributed by atoms with Gasteiger partial charge in [0.25, 0.3) is 0 Å². The lowest BCUT2D eigenvalue weighted by atomic mass is 10.0. The number of rotatable bonds is 16. The number of para-hydroxylation sites is 1. The molecule has 0 saturated heterocycles. The van der Waals surface area contributed by atoms with E-state index in [1.165, 1.54) is 12.5 Å². The third-order valence-electron chi connectivity index (χ3n) is 7.27. The number of nitrogens with zero attached hydrogens (tertiary/aromatic N) is 1. The smallest absolute Gasteiger partial charge is 0.326 e. The summed E-state index contributed by atoms with van der Waals surface area (Å²) in [6, 6.07) is 11.8. The van der Waals surface area contributed by atoms with Gasteiger partial charge in [-0.1, -0.05) is 48.5 Å². The first-order valence-corrected chi connectivity index (χ1v) is 14.3. The molecule has 0 aliphatic carbocycles. The van der Waals surface area contributed by atoms with E-state index in [4.69, 9.17) is 11.5 Å². The van der Waals surface area contributed by atoms with Crippen molar-refractivity contribution in [2.75, 3.05) is 0 Å². The van der Waals surface area contributed by atoms with Crippen LogP contribution in [0.4, 0.5) is 0 Å². The molecule has 0 aliphatic heterocycles. The highest BCUT2D eigenvalue weighted by atomic mass is 16.4. The number of carboxylic acid groups (broad SMARTS) is 1. The minimum Gasteiger partial charge on any atom is -0.480 e. The van der Waals surface area contributed by atoms with Crippen LogP contribution < -0.4 is 27.4 Å². The number of carboxylic acids is 1. The molecule has 4 unspecified atom stereocenters. The third kappa shape index (κ3) is 9.24. The molecule has 2 aromatic carbocycles. The van der Waals surface area contributed by atoms with Gasteiger partial charge in [0.05, 0.1) is 12.4 Å². The molecule has 0 saturated carbocycles. The van der Waals surface area contributed by atoms with Crippen LogP contribution in [-0.2, 0) is 43.2 Å². The minimum atomic E-state index is -1.36. The van der Waals surface area contributed by atoms with Crippen LogP contribution in [0.5, 0.6) is 0 Å². The van der Waals surface area contributed by atoms with Crippen LogP contribution in [0.15, 0.2) is 73.3 Å². The van der Waals surface area contributed by atoms with Crippen LogP contribution >= 0.6 is 0 Å². The Morgan fingerprint density at radius 1 is 0.800 bits per heavy atom. The Bertz CT molecular complexity index is 1620. The number of aromatic amines is 2. The number of carbonyl (C=O) groups is 5. The summed E-state index contributed by atoms with van der Waals surface area (Å²) in [6.07, 6.45) is 4.23. The molecule has 0 fully saturated rings. The fourth-order valence-electron chi connectivity index (χ4n) is 4.89. The SMILES string of the molecule is NC(=O)CCC(NC(=O)C(Cc1c[nH]c2ccccc12)NC(=O)C(N)Cc1ccccc1)C(=O)NC(Cc1cnc[nH]1)C(=O)O. The van der Waals surface area contributed by atoms with Gasteiger partial charge in [-0.3, -0.25) is 19.2 Å². The van der Waals surface area contributed by atoms with Crippen LogP contribution in [0.3, 0.4) is 0 Å². The van der Waals surface area contributed by atoms with Gasteiger partial charge in [-0.2, -0.15) is 0 Å². The van der Waals surface area contributed by atoms with Crippen molar-refractivity contribution in [3.8, 4) is 0 Å². The maximum atomic E-state index is 13.8. The molecule has 14 nitrogen and oxygen atoms in total. The van der Waals surface area contributed by atoms with Gasteiger partial charge in [-0.15, -0.1) is 0 Å². The summed E-state index contributed by atoms with van der Waals surface area (Å²) in [4.78, 5) is 73.5. The predicted octanol–water partition coefficient (Wildman–Crippen LogP) is 0.0507. The second kappa shape index (κ2) is 15.3. The van der Waals surface area contributed by atoms with Crippen LogP contribution in [-0.4, -0.2) is 73.8 Å². The number of primary amides is 1. The Labute approximate surface area is 258 Å². The van der Waals surface area contributed by atoms with Crippen molar-refractivity contribution in [1.82, 2.24) is 30.9 Å². The molecule has 4 rings (SSSR count). The van der Waals surface area contributed by atoms with Gasteiger partial charge in [-0.25, -0.2) is 9.78 Å². The van der Waals surface area contributed by atoms with E-state index >= 15 is 0 Å². The second-order valence-corrected chi connectivity index (χ2v) is 10.7. The number of benzene rings is 2. The zero-order valence-electron chi connectivity index (χ0n) is 24.4. The average molecular weight is 617 g/mol. The monoisotopic (exact) mass is 616 g/mol. The number of aromatic nitrogens is 3. The Morgan fingerprint density at radius 3 is 2.16 bits per heavy atom. The van der Waals surface area contributed by atoms with Crippen molar-refractivity contribution in [2.45, 2.75) is 56.3 Å². The van der Waals surface area contributed by atoms with Crippen LogP contribution in [0.25, 0.3) is 10.9 Å². The third-order valence-corrected chi connectivity index (χ3v) is 7.27. The highest BCUT2D eigenvalue weighted by Crippen LogP contribution is 2.19. The summed E-state index contributed by atoms with van der Waals surface area (Å²) in [5, 5.41) is 18.3. The minimum absolute atomic E-state index is 0.0430. The largest absolute Gasteiger partial charge is 0.480 e. The number of hydrogen-bond acceptors (Lipinski definition) is 7. The molecule has 2 heterocycles. The Kier molecular flexibility index (Phi) is 11.0. The van der Waals surface area contributed by atoms with Crippen LogP contribution in [0.1, 0.15) is 29.7 Å². The quantitative estimate of drug-likeness (QED) is 0.0854. The van der Waals surface area contributed by atoms with Gasteiger partial charge < -0.3 is 42.5 Å². The van der Waals surface area contributed by atoms with Crippen molar-refractivity contribution in [3.63, 3.8) is 0 Å². The van der Waals surface area contributed by atoms with E-state index in [-0.39, 0.29) is 32.1 Å². The molecular formula is C31H36N8O6. The lowest BCUT2D eigenvalue weighted by molar-refractivity contribution is -0.142. The van der Waals surface area contributed by atoms with Crippen LogP contribution in [0.2, 0.25) is 0 Å². The summed E-state index contributed by atoms with van der Waals surface area (Å²) < 4.78 is 0. The van der Waals surface area contributed by atoms with Crippen molar-refractivity contribution in [3.05, 3.63) is 90.1 Å². The fourth-order valence-corrected chi connectivity index (χ4v) is 4.89. The lowest BCUT2D eigenvalue weighted by Gasteiger charge is -2.25. The molecule has 4 atom stereocenters. The number of fused-ring (bicyclic) bond motifs is 1. The van der Waals surface area contributed by atoms with E-state index in [9.17, 15) is 29.1 Å². The molecule has 14 heteroatoms. The van der Waals surface area contributed by atoms with E-state index in [0.29, 0.717) is 5.69 Å². The van der Waals surface area contributed by atoms with Gasteiger partial charge in [0.1, 0.15) is 18.1 Å². The van der Waals surface area contributed by atoms with Crippen molar-refractivity contribution in [1.29, 1.82) is 0 Å². The average Bonchev–Trinajstić information content (AvgIpc) is 3.68. The normalized spacial score (nSPS) is 13.7. The molecule has 4 aromatic rings. The number of nitrogens with one attached hydrogen (secondary N) is 5. The maximum absolute atomic E-state index is 13.8. The molecule has 0 bridgehead atoms. The molecule has 45 heavy (non-hydrogen) atoms. The van der Waals surface area contributed by atoms with Gasteiger partial charge in [-0.05, 0) is 30.0 Å². The summed E-state index contributed by atoms with van der Waals surface area (Å²) >= 11 is 0. The van der Waals surface area contributed by atoms with Gasteiger partial charge >= 0.3 is 5.97 Å². The second-order valence-electron chi connectivity index (χ2n) is 10.7. The Hall–Kier alpha value is -5.50. The lowest BCUT2D eigenvalue weighted by Crippen LogP contribution is -2.58. The number of hydrogen-bond donors (Lipinski definition) is 8. The van der Waals surface area contributed by atoms with Crippen molar-refractivity contribution < 1.29 is 29.1 Å². The summed E-state index contributed by atoms with van der Waals surface area (Å²) in [5.74, 6) is -4.18. The van der Waals surface area contributed by atoms with E-state index in [1.54, 1.807) is 6.20 Å². The first kappa shape index (κ1) is 32.4. The highest BCUT2D eigenvalue weighted by molar-refractivity contribution is 5.95.